The summed E-state index contributed by atoms with van der Waals surface area (Å²) in [6.07, 6.45) is 7.78. The number of pyridine rings is 4. The summed E-state index contributed by atoms with van der Waals surface area (Å²) in [5, 5.41) is 4.97. The van der Waals surface area contributed by atoms with E-state index < -0.39 is 0 Å². The molecule has 0 N–H and O–H groups in total. The second-order valence-corrected chi connectivity index (χ2v) is 30.6. The number of anilines is 6. The summed E-state index contributed by atoms with van der Waals surface area (Å²) in [4.78, 5) is 24.2. The van der Waals surface area contributed by atoms with Crippen molar-refractivity contribution in [3.05, 3.63) is 434 Å². The van der Waals surface area contributed by atoms with Crippen molar-refractivity contribution in [1.29, 1.82) is 0 Å². The third kappa shape index (κ3) is 15.7. The maximum absolute atomic E-state index is 4.93. The molecule has 0 aliphatic carbocycles. The average Bonchev–Trinajstić information content (AvgIpc) is 1.45. The van der Waals surface area contributed by atoms with Gasteiger partial charge < -0.3 is 38.9 Å². The minimum absolute atomic E-state index is 0. The van der Waals surface area contributed by atoms with Crippen molar-refractivity contribution in [2.45, 2.75) is 48.5 Å². The minimum Gasteiger partial charge on any atom is -0.346 e. The van der Waals surface area contributed by atoms with Crippen LogP contribution in [0.5, 0.6) is 0 Å². The van der Waals surface area contributed by atoms with Gasteiger partial charge in [0, 0.05) is 69.1 Å². The van der Waals surface area contributed by atoms with Gasteiger partial charge in [-0.25, -0.2) is 0 Å². The summed E-state index contributed by atoms with van der Waals surface area (Å²) in [7, 11) is 0. The van der Waals surface area contributed by atoms with Crippen LogP contribution in [0.15, 0.2) is 371 Å². The number of aromatic nitrogens is 6. The van der Waals surface area contributed by atoms with E-state index in [9.17, 15) is 0 Å². The Bertz CT molecular complexity index is 6930. The van der Waals surface area contributed by atoms with E-state index in [4.69, 9.17) is 19.9 Å². The Kier molecular flexibility index (Phi) is 22.8. The third-order valence-electron chi connectivity index (χ3n) is 22.7. The average molecular weight is 1920 g/mol. The predicted octanol–water partition coefficient (Wildman–Crippen LogP) is 28.8. The number of nitrogens with zero attached hydrogens (tertiary/aromatic N) is 8. The van der Waals surface area contributed by atoms with E-state index in [1.165, 1.54) is 43.6 Å². The molecule has 0 amide bonds. The molecule has 0 bridgehead atoms. The Hall–Kier alpha value is -13.7. The Labute approximate surface area is 736 Å². The molecule has 8 nitrogen and oxygen atoms in total. The topological polar surface area (TPSA) is 67.9 Å². The molecule has 0 saturated heterocycles. The number of hydrogen-bond donors (Lipinski definition) is 0. The largest absolute Gasteiger partial charge is 2.00 e. The van der Waals surface area contributed by atoms with Crippen molar-refractivity contribution >= 4 is 77.7 Å². The van der Waals surface area contributed by atoms with Gasteiger partial charge in [0.05, 0.1) is 22.1 Å². The molecule has 0 spiro atoms. The smallest absolute Gasteiger partial charge is 0.346 e. The molecule has 20 rings (SSSR count). The molecule has 6 heterocycles. The van der Waals surface area contributed by atoms with Crippen molar-refractivity contribution in [3.8, 4) is 101 Å². The van der Waals surface area contributed by atoms with E-state index in [1.807, 2.05) is 36.9 Å². The van der Waals surface area contributed by atoms with Gasteiger partial charge in [-0.05, 0) is 232 Å². The molecule has 20 aromatic rings. The van der Waals surface area contributed by atoms with E-state index in [2.05, 4.69) is 425 Å². The summed E-state index contributed by atoms with van der Waals surface area (Å²) in [5.41, 5.74) is 36.9. The first-order valence-corrected chi connectivity index (χ1v) is 40.4. The van der Waals surface area contributed by atoms with Crippen LogP contribution in [0.4, 0.5) is 34.1 Å². The van der Waals surface area contributed by atoms with Gasteiger partial charge in [0.15, 0.2) is 0 Å². The fourth-order valence-corrected chi connectivity index (χ4v) is 17.1. The van der Waals surface area contributed by atoms with Gasteiger partial charge in [-0.15, -0.1) is 119 Å². The third-order valence-corrected chi connectivity index (χ3v) is 22.7. The molecule has 0 aliphatic rings. The van der Waals surface area contributed by atoms with Gasteiger partial charge in [-0.2, -0.15) is 0 Å². The first-order chi connectivity index (χ1) is 58.4. The molecule has 586 valence electrons. The normalized spacial score (nSPS) is 11.1. The Balaban J connectivity index is 0.000000170. The van der Waals surface area contributed by atoms with Crippen LogP contribution in [0.3, 0.4) is 0 Å². The van der Waals surface area contributed by atoms with Crippen LogP contribution in [-0.4, -0.2) is 29.1 Å². The van der Waals surface area contributed by atoms with Crippen molar-refractivity contribution in [3.63, 3.8) is 0 Å². The van der Waals surface area contributed by atoms with Gasteiger partial charge >= 0.3 is 42.1 Å². The van der Waals surface area contributed by atoms with Gasteiger partial charge in [-0.3, -0.25) is 0 Å². The summed E-state index contributed by atoms with van der Waals surface area (Å²) in [6, 6.07) is 137. The molecule has 0 aliphatic heterocycles. The Morgan fingerprint density at radius 3 is 0.793 bits per heavy atom. The van der Waals surface area contributed by atoms with Crippen molar-refractivity contribution in [2.75, 3.05) is 9.80 Å². The fraction of sp³-hybridized carbons (Fsp3) is 0.0631. The van der Waals surface area contributed by atoms with Crippen molar-refractivity contribution < 1.29 is 42.1 Å². The number of benzene rings is 14. The van der Waals surface area contributed by atoms with E-state index in [1.54, 1.807) is 0 Å². The molecule has 10 heteroatoms. The standard InChI is InChI=1S/C56H42N4.C55H40N4.2Pt/c1-37-29-47(60-54-27-13-11-25-48(54)49-26-12-14-28-55(49)60)30-38(2)56(37)59(45-23-15-21-43(31-45)52-33-50(39(3)35-57-52)41-17-7-5-8-18-41)46-24-16-22-44(32-46)53-34-51(40(4)36-58-53)42-19-9-6-10-20-42;1-37-30-47(59-53-26-12-10-24-48(53)49-25-11-13-27-54(49)59)31-38(2)55(37)58(45-22-14-20-43(32-45)51-34-42(28-29-56-51)40-16-6-4-7-17-40)46-23-15-21-44(33-46)52-35-50(39(3)36-57-52)41-18-8-5-9-19-41;;/h5-30,33-36H,1-4H3;4-31,34-36H,1-3H3;;/q2*-2;2*+2. The van der Waals surface area contributed by atoms with Gasteiger partial charge in [0.1, 0.15) is 0 Å². The second-order valence-electron chi connectivity index (χ2n) is 30.6. The molecule has 0 fully saturated rings. The molecule has 121 heavy (non-hydrogen) atoms. The Morgan fingerprint density at radius 2 is 0.496 bits per heavy atom. The zero-order valence-electron chi connectivity index (χ0n) is 67.9. The van der Waals surface area contributed by atoms with Crippen LogP contribution in [0.25, 0.3) is 145 Å². The SMILES string of the molecule is Cc1cnc(-c2[c-]c(N(c3[c-]c(-c4cc(-c5ccccc5)c(C)cn4)ccc3)c3c(C)cc(-n4c5ccccc5c5ccccc54)cc3C)ccc2)cc1-c1ccccc1.Cc1cnc(-c2[c-]c(N(c3[c-]c(-c4cc(-c5ccccc5)ccn4)ccc3)c3c(C)cc(-n4c5ccccc5c5ccccc54)cc3C)ccc2)cc1-c1ccccc1.[Pt+2].[Pt+2]. The van der Waals surface area contributed by atoms with E-state index in [0.29, 0.717) is 0 Å². The van der Waals surface area contributed by atoms with Gasteiger partial charge in [0.2, 0.25) is 0 Å². The summed E-state index contributed by atoms with van der Waals surface area (Å²) < 4.78 is 4.77. The molecular weight excluding hydrogens is 1840 g/mol. The van der Waals surface area contributed by atoms with Crippen LogP contribution >= 0.6 is 0 Å². The molecular formula is C111H82N8Pt2. The Morgan fingerprint density at radius 1 is 0.231 bits per heavy atom. The van der Waals surface area contributed by atoms with Crippen LogP contribution < -0.4 is 9.80 Å². The summed E-state index contributed by atoms with van der Waals surface area (Å²) in [6.45, 7) is 15.2. The summed E-state index contributed by atoms with van der Waals surface area (Å²) >= 11 is 0. The van der Waals surface area contributed by atoms with E-state index in [-0.39, 0.29) is 42.1 Å². The molecule has 14 aromatic carbocycles. The zero-order chi connectivity index (χ0) is 80.6. The molecule has 0 unspecified atom stereocenters. The maximum atomic E-state index is 4.93. The monoisotopic (exact) mass is 1920 g/mol. The first kappa shape index (κ1) is 79.7. The number of hydrogen-bond acceptors (Lipinski definition) is 6. The van der Waals surface area contributed by atoms with Gasteiger partial charge in [0.25, 0.3) is 0 Å². The van der Waals surface area contributed by atoms with E-state index in [0.717, 1.165) is 174 Å². The molecule has 0 saturated carbocycles. The van der Waals surface area contributed by atoms with Crippen LogP contribution in [0, 0.1) is 72.7 Å². The van der Waals surface area contributed by atoms with Gasteiger partial charge in [-0.1, -0.05) is 218 Å². The first-order valence-electron chi connectivity index (χ1n) is 40.4. The van der Waals surface area contributed by atoms with Crippen LogP contribution in [0.1, 0.15) is 38.9 Å². The molecule has 6 aromatic heterocycles. The predicted molar refractivity (Wildman–Crippen MR) is 494 cm³/mol. The number of rotatable bonds is 16. The number of aryl methyl sites for hydroxylation is 7. The van der Waals surface area contributed by atoms with Crippen molar-refractivity contribution in [1.82, 2.24) is 29.1 Å². The quantitative estimate of drug-likeness (QED) is 0.0898. The van der Waals surface area contributed by atoms with E-state index >= 15 is 0 Å². The van der Waals surface area contributed by atoms with Crippen LogP contribution in [-0.2, 0) is 42.1 Å². The van der Waals surface area contributed by atoms with Crippen molar-refractivity contribution in [2.24, 2.45) is 0 Å². The minimum atomic E-state index is 0. The summed E-state index contributed by atoms with van der Waals surface area (Å²) in [5.74, 6) is 0. The number of para-hydroxylation sites is 4. The zero-order valence-corrected chi connectivity index (χ0v) is 72.5. The molecule has 0 atom stereocenters. The maximum Gasteiger partial charge on any atom is 2.00 e. The fourth-order valence-electron chi connectivity index (χ4n) is 17.1. The second kappa shape index (κ2) is 34.7. The molecule has 0 radical (unpaired) electrons. The number of fused-ring (bicyclic) bond motifs is 6. The van der Waals surface area contributed by atoms with Crippen LogP contribution in [0.2, 0.25) is 0 Å².